The average molecular weight is 396 g/mol. The second-order valence-corrected chi connectivity index (χ2v) is 6.35. The number of hydrogen-bond acceptors (Lipinski definition) is 3. The van der Waals surface area contributed by atoms with E-state index in [2.05, 4.69) is 5.32 Å². The number of aliphatic hydroxyl groups excluding tert-OH is 1. The van der Waals surface area contributed by atoms with Crippen molar-refractivity contribution in [2.24, 2.45) is 0 Å². The SMILES string of the molecule is CN(CC(O)C(F)(F)F)C(=O)NC(COCc1ccccc1)c1ccccc1. The van der Waals surface area contributed by atoms with Crippen LogP contribution in [0.3, 0.4) is 0 Å². The van der Waals surface area contributed by atoms with Crippen LogP contribution in [0.15, 0.2) is 60.7 Å². The Morgan fingerprint density at radius 2 is 1.68 bits per heavy atom. The third kappa shape index (κ3) is 6.86. The molecular weight excluding hydrogens is 373 g/mol. The van der Waals surface area contributed by atoms with E-state index in [1.165, 1.54) is 7.05 Å². The zero-order valence-electron chi connectivity index (χ0n) is 15.4. The van der Waals surface area contributed by atoms with Crippen molar-refractivity contribution in [2.75, 3.05) is 20.2 Å². The van der Waals surface area contributed by atoms with Gasteiger partial charge in [0.15, 0.2) is 6.10 Å². The van der Waals surface area contributed by atoms with E-state index in [0.29, 0.717) is 6.61 Å². The topological polar surface area (TPSA) is 61.8 Å². The molecule has 0 aliphatic rings. The van der Waals surface area contributed by atoms with Crippen LogP contribution in [-0.4, -0.2) is 48.5 Å². The third-order valence-electron chi connectivity index (χ3n) is 4.07. The molecule has 0 aliphatic heterocycles. The fourth-order valence-corrected chi connectivity index (χ4v) is 2.48. The summed E-state index contributed by atoms with van der Waals surface area (Å²) in [6.45, 7) is -0.384. The van der Waals surface area contributed by atoms with Gasteiger partial charge in [0, 0.05) is 7.05 Å². The van der Waals surface area contributed by atoms with Crippen LogP contribution in [0.25, 0.3) is 0 Å². The molecule has 0 aromatic heterocycles. The molecule has 0 saturated carbocycles. The van der Waals surface area contributed by atoms with E-state index in [1.807, 2.05) is 36.4 Å². The lowest BCUT2D eigenvalue weighted by molar-refractivity contribution is -0.205. The Morgan fingerprint density at radius 1 is 1.11 bits per heavy atom. The number of ether oxygens (including phenoxy) is 1. The number of nitrogens with zero attached hydrogens (tertiary/aromatic N) is 1. The second-order valence-electron chi connectivity index (χ2n) is 6.35. The van der Waals surface area contributed by atoms with E-state index in [0.717, 1.165) is 16.0 Å². The summed E-state index contributed by atoms with van der Waals surface area (Å²) in [6.07, 6.45) is -7.39. The summed E-state index contributed by atoms with van der Waals surface area (Å²) in [7, 11) is 1.19. The van der Waals surface area contributed by atoms with E-state index in [4.69, 9.17) is 9.84 Å². The minimum atomic E-state index is -4.79. The molecule has 0 bridgehead atoms. The number of rotatable bonds is 8. The molecule has 0 spiro atoms. The number of hydrogen-bond donors (Lipinski definition) is 2. The Morgan fingerprint density at radius 3 is 2.25 bits per heavy atom. The molecule has 8 heteroatoms. The monoisotopic (exact) mass is 396 g/mol. The first-order valence-corrected chi connectivity index (χ1v) is 8.70. The van der Waals surface area contributed by atoms with Gasteiger partial charge < -0.3 is 20.1 Å². The molecule has 5 nitrogen and oxygen atoms in total. The summed E-state index contributed by atoms with van der Waals surface area (Å²) in [6, 6.07) is 17.2. The van der Waals surface area contributed by atoms with E-state index in [-0.39, 0.29) is 6.61 Å². The van der Waals surface area contributed by atoms with Crippen molar-refractivity contribution in [1.29, 1.82) is 0 Å². The zero-order valence-corrected chi connectivity index (χ0v) is 15.4. The van der Waals surface area contributed by atoms with Crippen molar-refractivity contribution < 1.29 is 27.8 Å². The zero-order chi connectivity index (χ0) is 20.6. The number of nitrogens with one attached hydrogen (secondary N) is 1. The van der Waals surface area contributed by atoms with Gasteiger partial charge in [-0.25, -0.2) is 4.79 Å². The van der Waals surface area contributed by atoms with Crippen molar-refractivity contribution in [3.63, 3.8) is 0 Å². The second kappa shape index (κ2) is 10.1. The molecule has 2 rings (SSSR count). The molecule has 152 valence electrons. The van der Waals surface area contributed by atoms with Gasteiger partial charge in [0.25, 0.3) is 0 Å². The van der Waals surface area contributed by atoms with Crippen molar-refractivity contribution in [3.8, 4) is 0 Å². The Kier molecular flexibility index (Phi) is 7.83. The van der Waals surface area contributed by atoms with Gasteiger partial charge in [0.2, 0.25) is 0 Å². The predicted octanol–water partition coefficient (Wildman–Crippen LogP) is 3.51. The maximum atomic E-state index is 12.5. The molecule has 0 fully saturated rings. The Hall–Kier alpha value is -2.58. The molecule has 2 aromatic rings. The number of halogens is 3. The van der Waals surface area contributed by atoms with E-state index >= 15 is 0 Å². The van der Waals surface area contributed by atoms with Gasteiger partial charge in [0.05, 0.1) is 25.8 Å². The fourth-order valence-electron chi connectivity index (χ4n) is 2.48. The Bertz CT molecular complexity index is 726. The molecule has 2 aromatic carbocycles. The summed E-state index contributed by atoms with van der Waals surface area (Å²) in [4.78, 5) is 13.1. The number of urea groups is 1. The molecule has 2 atom stereocenters. The quantitative estimate of drug-likeness (QED) is 0.718. The number of aliphatic hydroxyl groups is 1. The van der Waals surface area contributed by atoms with Crippen LogP contribution < -0.4 is 5.32 Å². The number of amides is 2. The molecule has 0 radical (unpaired) electrons. The predicted molar refractivity (Wildman–Crippen MR) is 98.5 cm³/mol. The van der Waals surface area contributed by atoms with Crippen molar-refractivity contribution in [3.05, 3.63) is 71.8 Å². The van der Waals surface area contributed by atoms with E-state index < -0.39 is 30.9 Å². The highest BCUT2D eigenvalue weighted by Crippen LogP contribution is 2.21. The Balaban J connectivity index is 1.98. The van der Waals surface area contributed by atoms with Crippen LogP contribution in [0.1, 0.15) is 17.2 Å². The number of carbonyl (C=O) groups is 1. The highest BCUT2D eigenvalue weighted by molar-refractivity contribution is 5.74. The average Bonchev–Trinajstić information content (AvgIpc) is 2.67. The van der Waals surface area contributed by atoms with Crippen LogP contribution in [0, 0.1) is 0 Å². The molecule has 2 unspecified atom stereocenters. The van der Waals surface area contributed by atoms with Crippen molar-refractivity contribution in [2.45, 2.75) is 24.9 Å². The van der Waals surface area contributed by atoms with Gasteiger partial charge in [-0.3, -0.25) is 0 Å². The first-order valence-electron chi connectivity index (χ1n) is 8.70. The van der Waals surface area contributed by atoms with Gasteiger partial charge in [-0.15, -0.1) is 0 Å². The van der Waals surface area contributed by atoms with Gasteiger partial charge in [-0.05, 0) is 11.1 Å². The lowest BCUT2D eigenvalue weighted by atomic mass is 10.1. The van der Waals surface area contributed by atoms with Gasteiger partial charge in [-0.2, -0.15) is 13.2 Å². The van der Waals surface area contributed by atoms with Gasteiger partial charge in [0.1, 0.15) is 0 Å². The molecule has 0 aliphatic carbocycles. The fraction of sp³-hybridized carbons (Fsp3) is 0.350. The summed E-state index contributed by atoms with van der Waals surface area (Å²) < 4.78 is 43.2. The van der Waals surface area contributed by atoms with E-state index in [1.54, 1.807) is 24.3 Å². The highest BCUT2D eigenvalue weighted by atomic mass is 19.4. The number of likely N-dealkylation sites (N-methyl/N-ethyl adjacent to an activating group) is 1. The maximum absolute atomic E-state index is 12.5. The van der Waals surface area contributed by atoms with Crippen LogP contribution in [-0.2, 0) is 11.3 Å². The standard InChI is InChI=1S/C20H23F3N2O3/c1-25(12-18(26)20(21,22)23)19(27)24-17(16-10-6-3-7-11-16)14-28-13-15-8-4-2-5-9-15/h2-11,17-18,26H,12-14H2,1H3,(H,24,27). The normalized spacial score (nSPS) is 13.6. The first-order chi connectivity index (χ1) is 13.3. The number of alkyl halides is 3. The third-order valence-corrected chi connectivity index (χ3v) is 4.07. The smallest absolute Gasteiger partial charge is 0.382 e. The van der Waals surface area contributed by atoms with Gasteiger partial charge >= 0.3 is 12.2 Å². The summed E-state index contributed by atoms with van der Waals surface area (Å²) in [5.74, 6) is 0. The molecule has 0 saturated heterocycles. The van der Waals surface area contributed by atoms with Crippen molar-refractivity contribution >= 4 is 6.03 Å². The van der Waals surface area contributed by atoms with Gasteiger partial charge in [-0.1, -0.05) is 60.7 Å². The van der Waals surface area contributed by atoms with E-state index in [9.17, 15) is 18.0 Å². The Labute approximate surface area is 161 Å². The van der Waals surface area contributed by atoms with Crippen LogP contribution in [0.4, 0.5) is 18.0 Å². The number of carbonyl (C=O) groups excluding carboxylic acids is 1. The number of benzene rings is 2. The summed E-state index contributed by atoms with van der Waals surface area (Å²) >= 11 is 0. The largest absolute Gasteiger partial charge is 0.416 e. The molecule has 28 heavy (non-hydrogen) atoms. The molecular formula is C20H23F3N2O3. The molecule has 0 heterocycles. The minimum Gasteiger partial charge on any atom is -0.382 e. The van der Waals surface area contributed by atoms with Crippen LogP contribution in [0.2, 0.25) is 0 Å². The minimum absolute atomic E-state index is 0.139. The summed E-state index contributed by atoms with van der Waals surface area (Å²) in [5, 5.41) is 11.8. The maximum Gasteiger partial charge on any atom is 0.416 e. The lowest BCUT2D eigenvalue weighted by Crippen LogP contribution is -2.47. The highest BCUT2D eigenvalue weighted by Gasteiger charge is 2.39. The molecule has 2 N–H and O–H groups in total. The van der Waals surface area contributed by atoms with Crippen molar-refractivity contribution in [1.82, 2.24) is 10.2 Å². The lowest BCUT2D eigenvalue weighted by Gasteiger charge is -2.26. The molecule has 2 amide bonds. The first kappa shape index (κ1) is 21.7. The van der Waals surface area contributed by atoms with Crippen LogP contribution in [0.5, 0.6) is 0 Å². The summed E-state index contributed by atoms with van der Waals surface area (Å²) in [5.41, 5.74) is 1.72. The van der Waals surface area contributed by atoms with Crippen LogP contribution >= 0.6 is 0 Å².